The summed E-state index contributed by atoms with van der Waals surface area (Å²) in [6.45, 7) is 3.59. The molecule has 0 N–H and O–H groups in total. The third-order valence-corrected chi connectivity index (χ3v) is 8.20. The lowest BCUT2D eigenvalue weighted by atomic mass is 10.2. The minimum atomic E-state index is -3.50. The summed E-state index contributed by atoms with van der Waals surface area (Å²) in [5.41, 5.74) is 1.94. The van der Waals surface area contributed by atoms with E-state index in [1.54, 1.807) is 21.3 Å². The van der Waals surface area contributed by atoms with Gasteiger partial charge in [0.05, 0.1) is 4.90 Å². The van der Waals surface area contributed by atoms with Crippen LogP contribution in [0.25, 0.3) is 10.9 Å². The maximum atomic E-state index is 13.2. The third kappa shape index (κ3) is 4.59. The molecule has 1 fully saturated rings. The molecule has 2 heterocycles. The number of carbonyl (C=O) groups excluding carboxylic acids is 1. The zero-order valence-corrected chi connectivity index (χ0v) is 19.6. The van der Waals surface area contributed by atoms with Gasteiger partial charge in [0.25, 0.3) is 0 Å². The molecule has 32 heavy (non-hydrogen) atoms. The molecule has 1 aromatic heterocycles. The first kappa shape index (κ1) is 22.6. The lowest BCUT2D eigenvalue weighted by Crippen LogP contribution is -2.32. The maximum absolute atomic E-state index is 13.2. The molecule has 3 aromatic rings. The number of hydrogen-bond donors (Lipinski definition) is 0. The molecule has 1 atom stereocenters. The van der Waals surface area contributed by atoms with Gasteiger partial charge in [-0.3, -0.25) is 4.79 Å². The number of aromatic nitrogens is 1. The van der Waals surface area contributed by atoms with Gasteiger partial charge in [-0.05, 0) is 49.6 Å². The number of nitrogens with zero attached hydrogens (tertiary/aromatic N) is 3. The summed E-state index contributed by atoms with van der Waals surface area (Å²) in [6.07, 6.45) is 5.85. The SMILES string of the molecule is C[C@H](C(=O)N(C)Cc1ccccc1)n1ccc2cc(S(=O)(=O)N3CCCCCC3)ccc21. The number of carbonyl (C=O) groups is 1. The molecular weight excluding hydrogens is 422 g/mol. The molecule has 6 nitrogen and oxygen atoms in total. The van der Waals surface area contributed by atoms with Gasteiger partial charge in [-0.1, -0.05) is 43.2 Å². The van der Waals surface area contributed by atoms with Crippen LogP contribution in [0.15, 0.2) is 65.7 Å². The number of sulfonamides is 1. The second-order valence-corrected chi connectivity index (χ2v) is 10.6. The van der Waals surface area contributed by atoms with Crippen LogP contribution in [0.4, 0.5) is 0 Å². The molecule has 0 aliphatic carbocycles. The molecule has 0 spiro atoms. The van der Waals surface area contributed by atoms with Crippen molar-refractivity contribution in [3.05, 3.63) is 66.4 Å². The number of benzene rings is 2. The molecular formula is C25H31N3O3S. The van der Waals surface area contributed by atoms with E-state index in [0.29, 0.717) is 24.5 Å². The summed E-state index contributed by atoms with van der Waals surface area (Å²) in [7, 11) is -1.69. The van der Waals surface area contributed by atoms with Crippen molar-refractivity contribution in [2.75, 3.05) is 20.1 Å². The Hall–Kier alpha value is -2.64. The zero-order valence-electron chi connectivity index (χ0n) is 18.8. The van der Waals surface area contributed by atoms with Gasteiger partial charge >= 0.3 is 0 Å². The van der Waals surface area contributed by atoms with Crippen LogP contribution < -0.4 is 0 Å². The summed E-state index contributed by atoms with van der Waals surface area (Å²) >= 11 is 0. The van der Waals surface area contributed by atoms with E-state index in [4.69, 9.17) is 0 Å². The second-order valence-electron chi connectivity index (χ2n) is 8.62. The van der Waals surface area contributed by atoms with Gasteiger partial charge in [0.2, 0.25) is 15.9 Å². The van der Waals surface area contributed by atoms with Crippen LogP contribution in [0.2, 0.25) is 0 Å². The second kappa shape index (κ2) is 9.46. The van der Waals surface area contributed by atoms with E-state index in [-0.39, 0.29) is 5.91 Å². The lowest BCUT2D eigenvalue weighted by Gasteiger charge is -2.23. The van der Waals surface area contributed by atoms with Crippen molar-refractivity contribution in [3.8, 4) is 0 Å². The van der Waals surface area contributed by atoms with Crippen LogP contribution in [0.5, 0.6) is 0 Å². The summed E-state index contributed by atoms with van der Waals surface area (Å²) in [6, 6.07) is 16.6. The van der Waals surface area contributed by atoms with Crippen molar-refractivity contribution in [1.82, 2.24) is 13.8 Å². The zero-order chi connectivity index (χ0) is 22.7. The molecule has 7 heteroatoms. The average molecular weight is 454 g/mol. The van der Waals surface area contributed by atoms with Gasteiger partial charge in [0.15, 0.2) is 0 Å². The molecule has 1 aliphatic rings. The molecule has 1 saturated heterocycles. The number of hydrogen-bond acceptors (Lipinski definition) is 3. The van der Waals surface area contributed by atoms with Crippen molar-refractivity contribution in [1.29, 1.82) is 0 Å². The van der Waals surface area contributed by atoms with Gasteiger partial charge in [-0.2, -0.15) is 4.31 Å². The van der Waals surface area contributed by atoms with Crippen molar-refractivity contribution < 1.29 is 13.2 Å². The third-order valence-electron chi connectivity index (χ3n) is 6.31. The monoisotopic (exact) mass is 453 g/mol. The summed E-state index contributed by atoms with van der Waals surface area (Å²) in [5.74, 6) is 0.00705. The molecule has 0 unspecified atom stereocenters. The van der Waals surface area contributed by atoms with E-state index in [0.717, 1.165) is 42.1 Å². The maximum Gasteiger partial charge on any atom is 0.245 e. The summed E-state index contributed by atoms with van der Waals surface area (Å²) in [5, 5.41) is 0.825. The Bertz CT molecular complexity index is 1180. The molecule has 0 radical (unpaired) electrons. The fraction of sp³-hybridized carbons (Fsp3) is 0.400. The standard InChI is InChI=1S/C25H31N3O3S/c1-20(25(29)26(2)19-21-10-6-5-7-11-21)28-17-14-22-18-23(12-13-24(22)28)32(30,31)27-15-8-3-4-9-16-27/h5-7,10-14,17-18,20H,3-4,8-9,15-16,19H2,1-2H3/t20-/m1/s1. The predicted octanol–water partition coefficient (Wildman–Crippen LogP) is 4.43. The minimum Gasteiger partial charge on any atom is -0.340 e. The highest BCUT2D eigenvalue weighted by molar-refractivity contribution is 7.89. The lowest BCUT2D eigenvalue weighted by molar-refractivity contribution is -0.133. The van der Waals surface area contributed by atoms with Crippen molar-refractivity contribution >= 4 is 26.8 Å². The molecule has 170 valence electrons. The Morgan fingerprint density at radius 3 is 2.38 bits per heavy atom. The highest BCUT2D eigenvalue weighted by Gasteiger charge is 2.26. The highest BCUT2D eigenvalue weighted by atomic mass is 32.2. The number of amides is 1. The van der Waals surface area contributed by atoms with Crippen LogP contribution in [0, 0.1) is 0 Å². The molecule has 1 aliphatic heterocycles. The number of likely N-dealkylation sites (N-methyl/N-ethyl adjacent to an activating group) is 1. The van der Waals surface area contributed by atoms with Crippen molar-refractivity contribution in [2.24, 2.45) is 0 Å². The Labute approximate surface area is 190 Å². The predicted molar refractivity (Wildman–Crippen MR) is 127 cm³/mol. The van der Waals surface area contributed by atoms with E-state index in [9.17, 15) is 13.2 Å². The summed E-state index contributed by atoms with van der Waals surface area (Å²) < 4.78 is 29.8. The van der Waals surface area contributed by atoms with E-state index >= 15 is 0 Å². The normalized spacial score (nSPS) is 16.6. The Balaban J connectivity index is 1.55. The van der Waals surface area contributed by atoms with Crippen LogP contribution in [0.1, 0.15) is 44.2 Å². The quantitative estimate of drug-likeness (QED) is 0.555. The molecule has 1 amide bonds. The van der Waals surface area contributed by atoms with Crippen LogP contribution in [0.3, 0.4) is 0 Å². The molecule has 4 rings (SSSR count). The van der Waals surface area contributed by atoms with Gasteiger partial charge in [0.1, 0.15) is 6.04 Å². The fourth-order valence-electron chi connectivity index (χ4n) is 4.44. The van der Waals surface area contributed by atoms with E-state index in [2.05, 4.69) is 0 Å². The Morgan fingerprint density at radius 2 is 1.69 bits per heavy atom. The van der Waals surface area contributed by atoms with E-state index in [1.807, 2.05) is 67.2 Å². The minimum absolute atomic E-state index is 0.00705. The average Bonchev–Trinajstić information content (AvgIpc) is 3.02. The highest BCUT2D eigenvalue weighted by Crippen LogP contribution is 2.27. The smallest absolute Gasteiger partial charge is 0.245 e. The first-order valence-corrected chi connectivity index (χ1v) is 12.7. The fourth-order valence-corrected chi connectivity index (χ4v) is 6.00. The van der Waals surface area contributed by atoms with Crippen molar-refractivity contribution in [3.63, 3.8) is 0 Å². The van der Waals surface area contributed by atoms with Crippen molar-refractivity contribution in [2.45, 2.75) is 50.1 Å². The topological polar surface area (TPSA) is 62.6 Å². The molecule has 2 aromatic carbocycles. The molecule has 0 bridgehead atoms. The Kier molecular flexibility index (Phi) is 6.67. The van der Waals surface area contributed by atoms with Gasteiger partial charge in [0, 0.05) is 43.8 Å². The Morgan fingerprint density at radius 1 is 1.00 bits per heavy atom. The van der Waals surface area contributed by atoms with Gasteiger partial charge < -0.3 is 9.47 Å². The van der Waals surface area contributed by atoms with E-state index in [1.165, 1.54) is 0 Å². The van der Waals surface area contributed by atoms with E-state index < -0.39 is 16.1 Å². The summed E-state index contributed by atoms with van der Waals surface area (Å²) in [4.78, 5) is 15.1. The largest absolute Gasteiger partial charge is 0.340 e. The number of fused-ring (bicyclic) bond motifs is 1. The number of rotatable bonds is 6. The first-order valence-electron chi connectivity index (χ1n) is 11.3. The van der Waals surface area contributed by atoms with Crippen LogP contribution >= 0.6 is 0 Å². The van der Waals surface area contributed by atoms with Crippen LogP contribution in [-0.2, 0) is 21.4 Å². The molecule has 0 saturated carbocycles. The first-order chi connectivity index (χ1) is 15.4. The van der Waals surface area contributed by atoms with Gasteiger partial charge in [-0.25, -0.2) is 8.42 Å². The van der Waals surface area contributed by atoms with Crippen LogP contribution in [-0.4, -0.2) is 48.2 Å². The van der Waals surface area contributed by atoms with Gasteiger partial charge in [-0.15, -0.1) is 0 Å².